The minimum absolute atomic E-state index is 0.218. The summed E-state index contributed by atoms with van der Waals surface area (Å²) in [5.41, 5.74) is 1.10. The number of nitrogens with zero attached hydrogens (tertiary/aromatic N) is 2. The predicted molar refractivity (Wildman–Crippen MR) is 82.0 cm³/mol. The molecule has 1 rings (SSSR count). The monoisotopic (exact) mass is 283 g/mol. The van der Waals surface area contributed by atoms with Crippen LogP contribution in [0.25, 0.3) is 0 Å². The van der Waals surface area contributed by atoms with Gasteiger partial charge in [0.15, 0.2) is 0 Å². The van der Waals surface area contributed by atoms with E-state index in [9.17, 15) is 0 Å². The molecule has 0 aliphatic carbocycles. The lowest BCUT2D eigenvalue weighted by atomic mass is 10.2. The number of nitrogens with one attached hydrogen (secondary N) is 1. The van der Waals surface area contributed by atoms with Crippen molar-refractivity contribution in [3.63, 3.8) is 0 Å². The predicted octanol–water partition coefficient (Wildman–Crippen LogP) is 3.20. The number of hydrogen-bond acceptors (Lipinski definition) is 5. The summed E-state index contributed by atoms with van der Waals surface area (Å²) in [6.07, 6.45) is 0.779. The molecule has 0 fully saturated rings. The molecule has 0 saturated heterocycles. The number of hydrogen-bond donors (Lipinski definition) is 2. The first-order valence-corrected chi connectivity index (χ1v) is 7.77. The number of aromatic nitrogens is 2. The van der Waals surface area contributed by atoms with Gasteiger partial charge in [-0.25, -0.2) is 9.97 Å². The molecule has 108 valence electrons. The van der Waals surface area contributed by atoms with Crippen molar-refractivity contribution in [3.05, 3.63) is 11.4 Å². The largest absolute Gasteiger partial charge is 0.396 e. The van der Waals surface area contributed by atoms with E-state index < -0.39 is 0 Å². The summed E-state index contributed by atoms with van der Waals surface area (Å²) in [5.74, 6) is 2.12. The third-order valence-corrected chi connectivity index (χ3v) is 4.09. The Balaban J connectivity index is 3.06. The summed E-state index contributed by atoms with van der Waals surface area (Å²) in [6, 6.07) is 0. The fourth-order valence-corrected chi connectivity index (χ4v) is 2.68. The summed E-state index contributed by atoms with van der Waals surface area (Å²) in [6.45, 7) is 11.5. The molecular formula is C14H25N3OS. The summed E-state index contributed by atoms with van der Waals surface area (Å²) >= 11 is 1.72. The molecule has 1 aromatic rings. The van der Waals surface area contributed by atoms with E-state index in [-0.39, 0.29) is 6.61 Å². The Hall–Kier alpha value is -0.810. The van der Waals surface area contributed by atoms with Crippen LogP contribution in [0.2, 0.25) is 0 Å². The first-order chi connectivity index (χ1) is 8.99. The third kappa shape index (κ3) is 4.66. The minimum atomic E-state index is 0.218. The molecule has 0 aliphatic rings. The fourth-order valence-electron chi connectivity index (χ4n) is 1.66. The van der Waals surface area contributed by atoms with Crippen LogP contribution in [-0.4, -0.2) is 33.5 Å². The van der Waals surface area contributed by atoms with Crippen LogP contribution in [0.5, 0.6) is 0 Å². The maximum Gasteiger partial charge on any atom is 0.134 e. The third-order valence-electron chi connectivity index (χ3n) is 2.83. The SMILES string of the molecule is CCNc1nc(C(C)C)nc(SC(C)CCO)c1C. The van der Waals surface area contributed by atoms with Crippen molar-refractivity contribution in [1.29, 1.82) is 0 Å². The molecule has 0 aliphatic heterocycles. The van der Waals surface area contributed by atoms with Gasteiger partial charge in [-0.3, -0.25) is 0 Å². The van der Waals surface area contributed by atoms with Gasteiger partial charge >= 0.3 is 0 Å². The van der Waals surface area contributed by atoms with Gasteiger partial charge in [0, 0.05) is 29.9 Å². The van der Waals surface area contributed by atoms with Crippen LogP contribution in [-0.2, 0) is 0 Å². The Morgan fingerprint density at radius 2 is 1.95 bits per heavy atom. The standard InChI is InChI=1S/C14H25N3OS/c1-6-15-13-11(5)14(19-10(4)7-8-18)17-12(16-13)9(2)3/h9-10,18H,6-8H2,1-5H3,(H,15,16,17). The maximum atomic E-state index is 9.01. The number of thioether (sulfide) groups is 1. The quantitative estimate of drug-likeness (QED) is 0.594. The molecule has 0 spiro atoms. The molecule has 4 nitrogen and oxygen atoms in total. The van der Waals surface area contributed by atoms with Gasteiger partial charge in [-0.2, -0.15) is 0 Å². The van der Waals surface area contributed by atoms with E-state index in [1.165, 1.54) is 0 Å². The highest BCUT2D eigenvalue weighted by Gasteiger charge is 2.15. The second kappa shape index (κ2) is 7.70. The lowest BCUT2D eigenvalue weighted by Crippen LogP contribution is -2.10. The molecule has 2 N–H and O–H groups in total. The molecule has 0 bridgehead atoms. The Bertz CT molecular complexity index is 410. The first-order valence-electron chi connectivity index (χ1n) is 6.89. The molecule has 0 amide bonds. The highest BCUT2D eigenvalue weighted by Crippen LogP contribution is 2.30. The van der Waals surface area contributed by atoms with Gasteiger partial charge in [0.05, 0.1) is 0 Å². The Morgan fingerprint density at radius 3 is 2.47 bits per heavy atom. The second-order valence-electron chi connectivity index (χ2n) is 4.99. The lowest BCUT2D eigenvalue weighted by Gasteiger charge is -2.16. The summed E-state index contributed by atoms with van der Waals surface area (Å²) in [5, 5.41) is 13.7. The minimum Gasteiger partial charge on any atom is -0.396 e. The molecule has 0 aromatic carbocycles. The van der Waals surface area contributed by atoms with Gasteiger partial charge in [-0.15, -0.1) is 11.8 Å². The molecule has 1 heterocycles. The van der Waals surface area contributed by atoms with Gasteiger partial charge in [0.1, 0.15) is 16.7 Å². The van der Waals surface area contributed by atoms with Crippen molar-refractivity contribution in [2.75, 3.05) is 18.5 Å². The number of aliphatic hydroxyl groups excluding tert-OH is 1. The molecule has 1 atom stereocenters. The molecule has 1 aromatic heterocycles. The van der Waals surface area contributed by atoms with Crippen molar-refractivity contribution in [3.8, 4) is 0 Å². The first kappa shape index (κ1) is 16.2. The highest BCUT2D eigenvalue weighted by atomic mass is 32.2. The van der Waals surface area contributed by atoms with E-state index in [1.54, 1.807) is 11.8 Å². The Morgan fingerprint density at radius 1 is 1.26 bits per heavy atom. The molecule has 0 radical (unpaired) electrons. The molecule has 19 heavy (non-hydrogen) atoms. The second-order valence-corrected chi connectivity index (χ2v) is 6.41. The number of anilines is 1. The van der Waals surface area contributed by atoms with Crippen LogP contribution >= 0.6 is 11.8 Å². The lowest BCUT2D eigenvalue weighted by molar-refractivity contribution is 0.289. The van der Waals surface area contributed by atoms with Crippen molar-refractivity contribution >= 4 is 17.6 Å². The van der Waals surface area contributed by atoms with E-state index in [4.69, 9.17) is 5.11 Å². The zero-order chi connectivity index (χ0) is 14.4. The van der Waals surface area contributed by atoms with Gasteiger partial charge in [-0.05, 0) is 20.3 Å². The molecular weight excluding hydrogens is 258 g/mol. The maximum absolute atomic E-state index is 9.01. The van der Waals surface area contributed by atoms with E-state index in [2.05, 4.69) is 49.9 Å². The zero-order valence-corrected chi connectivity index (χ0v) is 13.3. The van der Waals surface area contributed by atoms with Crippen LogP contribution in [0.15, 0.2) is 5.03 Å². The Kier molecular flexibility index (Phi) is 6.58. The summed E-state index contributed by atoms with van der Waals surface area (Å²) < 4.78 is 0. The van der Waals surface area contributed by atoms with Gasteiger partial charge < -0.3 is 10.4 Å². The molecule has 0 saturated carbocycles. The van der Waals surface area contributed by atoms with Crippen LogP contribution in [0, 0.1) is 6.92 Å². The smallest absolute Gasteiger partial charge is 0.134 e. The summed E-state index contributed by atoms with van der Waals surface area (Å²) in [7, 11) is 0. The number of rotatable bonds is 7. The fraction of sp³-hybridized carbons (Fsp3) is 0.714. The van der Waals surface area contributed by atoms with E-state index in [0.717, 1.165) is 35.2 Å². The molecule has 5 heteroatoms. The van der Waals surface area contributed by atoms with Crippen LogP contribution in [0.1, 0.15) is 51.4 Å². The van der Waals surface area contributed by atoms with Crippen molar-refractivity contribution in [2.45, 2.75) is 57.2 Å². The van der Waals surface area contributed by atoms with Crippen molar-refractivity contribution in [1.82, 2.24) is 9.97 Å². The number of aliphatic hydroxyl groups is 1. The van der Waals surface area contributed by atoms with Gasteiger partial charge in [-0.1, -0.05) is 20.8 Å². The van der Waals surface area contributed by atoms with E-state index in [1.807, 2.05) is 0 Å². The van der Waals surface area contributed by atoms with Gasteiger partial charge in [0.2, 0.25) is 0 Å². The average Bonchev–Trinajstić information content (AvgIpc) is 2.34. The summed E-state index contributed by atoms with van der Waals surface area (Å²) in [4.78, 5) is 9.26. The highest BCUT2D eigenvalue weighted by molar-refractivity contribution is 7.99. The van der Waals surface area contributed by atoms with E-state index in [0.29, 0.717) is 11.2 Å². The average molecular weight is 283 g/mol. The van der Waals surface area contributed by atoms with Crippen LogP contribution in [0.4, 0.5) is 5.82 Å². The Labute approximate surface area is 120 Å². The molecule has 1 unspecified atom stereocenters. The van der Waals surface area contributed by atoms with Crippen molar-refractivity contribution in [2.24, 2.45) is 0 Å². The van der Waals surface area contributed by atoms with Gasteiger partial charge in [0.25, 0.3) is 0 Å². The van der Waals surface area contributed by atoms with E-state index >= 15 is 0 Å². The topological polar surface area (TPSA) is 58.0 Å². The van der Waals surface area contributed by atoms with Crippen LogP contribution < -0.4 is 5.32 Å². The normalized spacial score (nSPS) is 12.8. The zero-order valence-electron chi connectivity index (χ0n) is 12.5. The van der Waals surface area contributed by atoms with Crippen molar-refractivity contribution < 1.29 is 5.11 Å². The van der Waals surface area contributed by atoms with Crippen LogP contribution in [0.3, 0.4) is 0 Å².